The second kappa shape index (κ2) is 4.04. The fraction of sp³-hybridized carbons (Fsp3) is 1.00. The minimum absolute atomic E-state index is 0.0443. The summed E-state index contributed by atoms with van der Waals surface area (Å²) in [6.07, 6.45) is 3.81. The lowest BCUT2D eigenvalue weighted by Gasteiger charge is -2.43. The number of hydrogen-bond acceptors (Lipinski definition) is 3. The van der Waals surface area contributed by atoms with Crippen molar-refractivity contribution in [3.63, 3.8) is 0 Å². The van der Waals surface area contributed by atoms with Crippen molar-refractivity contribution in [1.29, 1.82) is 0 Å². The Morgan fingerprint density at radius 2 is 2.13 bits per heavy atom. The van der Waals surface area contributed by atoms with Crippen LogP contribution in [0.25, 0.3) is 0 Å². The van der Waals surface area contributed by atoms with Gasteiger partial charge in [0.25, 0.3) is 0 Å². The Bertz CT molecular complexity index is 231. The fourth-order valence-electron chi connectivity index (χ4n) is 3.88. The van der Waals surface area contributed by atoms with Gasteiger partial charge in [0.1, 0.15) is 0 Å². The Morgan fingerprint density at radius 3 is 2.73 bits per heavy atom. The average Bonchev–Trinajstić information content (AvgIpc) is 2.38. The Morgan fingerprint density at radius 1 is 1.40 bits per heavy atom. The van der Waals surface area contributed by atoms with E-state index in [4.69, 9.17) is 5.11 Å². The molecular formula is C12H22O3. The molecule has 0 unspecified atom stereocenters. The van der Waals surface area contributed by atoms with Crippen LogP contribution in [0.5, 0.6) is 0 Å². The van der Waals surface area contributed by atoms with E-state index in [-0.39, 0.29) is 18.4 Å². The maximum Gasteiger partial charge on any atom is 0.0964 e. The lowest BCUT2D eigenvalue weighted by atomic mass is 9.70. The van der Waals surface area contributed by atoms with Gasteiger partial charge in [-0.2, -0.15) is 0 Å². The van der Waals surface area contributed by atoms with E-state index in [0.29, 0.717) is 12.3 Å². The summed E-state index contributed by atoms with van der Waals surface area (Å²) in [5.74, 6) is 0.987. The van der Waals surface area contributed by atoms with Crippen LogP contribution >= 0.6 is 0 Å². The van der Waals surface area contributed by atoms with Gasteiger partial charge >= 0.3 is 0 Å². The molecule has 2 fully saturated rings. The number of aliphatic hydroxyl groups excluding tert-OH is 2. The molecule has 2 bridgehead atoms. The van der Waals surface area contributed by atoms with Crippen LogP contribution in [0.2, 0.25) is 0 Å². The molecule has 0 amide bonds. The standard InChI is InChI=1S/C12H22O3/c1-8-7-9-3-2-4-10(8)12(9,15)11(14)5-6-13/h8-11,13-15H,2-7H2,1H3/t8-,9-,10+,11+,12+/m0/s1. The second-order valence-corrected chi connectivity index (χ2v) is 5.36. The van der Waals surface area contributed by atoms with Crippen LogP contribution in [-0.4, -0.2) is 33.6 Å². The molecule has 0 spiro atoms. The predicted octanol–water partition coefficient (Wildman–Crippen LogP) is 0.917. The molecule has 0 aromatic carbocycles. The molecule has 0 aliphatic heterocycles. The van der Waals surface area contributed by atoms with Crippen molar-refractivity contribution in [3.05, 3.63) is 0 Å². The van der Waals surface area contributed by atoms with Crippen LogP contribution < -0.4 is 0 Å². The molecular weight excluding hydrogens is 192 g/mol. The van der Waals surface area contributed by atoms with Crippen molar-refractivity contribution in [1.82, 2.24) is 0 Å². The van der Waals surface area contributed by atoms with Gasteiger partial charge in [-0.1, -0.05) is 13.3 Å². The first-order valence-electron chi connectivity index (χ1n) is 6.12. The first kappa shape index (κ1) is 11.4. The molecule has 0 aromatic heterocycles. The van der Waals surface area contributed by atoms with Gasteiger partial charge in [-0.3, -0.25) is 0 Å². The number of fused-ring (bicyclic) bond motifs is 2. The van der Waals surface area contributed by atoms with Crippen molar-refractivity contribution in [3.8, 4) is 0 Å². The molecule has 5 atom stereocenters. The third-order valence-electron chi connectivity index (χ3n) is 4.60. The largest absolute Gasteiger partial charge is 0.396 e. The van der Waals surface area contributed by atoms with Gasteiger partial charge in [-0.05, 0) is 43.4 Å². The lowest BCUT2D eigenvalue weighted by Crippen LogP contribution is -2.53. The molecule has 0 radical (unpaired) electrons. The van der Waals surface area contributed by atoms with Crippen molar-refractivity contribution >= 4 is 0 Å². The summed E-state index contributed by atoms with van der Waals surface area (Å²) >= 11 is 0. The van der Waals surface area contributed by atoms with Crippen LogP contribution in [0.3, 0.4) is 0 Å². The van der Waals surface area contributed by atoms with E-state index in [0.717, 1.165) is 19.3 Å². The van der Waals surface area contributed by atoms with Crippen molar-refractivity contribution < 1.29 is 15.3 Å². The minimum Gasteiger partial charge on any atom is -0.396 e. The fourth-order valence-corrected chi connectivity index (χ4v) is 3.88. The van der Waals surface area contributed by atoms with Crippen LogP contribution in [0, 0.1) is 17.8 Å². The zero-order valence-corrected chi connectivity index (χ0v) is 9.39. The highest BCUT2D eigenvalue weighted by Crippen LogP contribution is 2.54. The molecule has 3 N–H and O–H groups in total. The Balaban J connectivity index is 2.19. The maximum absolute atomic E-state index is 10.7. The summed E-state index contributed by atoms with van der Waals surface area (Å²) in [6, 6.07) is 0. The highest BCUT2D eigenvalue weighted by Gasteiger charge is 2.57. The Kier molecular flexibility index (Phi) is 3.06. The lowest BCUT2D eigenvalue weighted by molar-refractivity contribution is -0.150. The van der Waals surface area contributed by atoms with E-state index in [1.165, 1.54) is 6.42 Å². The topological polar surface area (TPSA) is 60.7 Å². The highest BCUT2D eigenvalue weighted by molar-refractivity contribution is 5.07. The SMILES string of the molecule is C[C@H]1C[C@@H]2CCC[C@H]1[C@@]2(O)[C@H](O)CCO. The smallest absolute Gasteiger partial charge is 0.0964 e. The zero-order chi connectivity index (χ0) is 11.1. The highest BCUT2D eigenvalue weighted by atomic mass is 16.3. The van der Waals surface area contributed by atoms with E-state index in [2.05, 4.69) is 6.92 Å². The van der Waals surface area contributed by atoms with Crippen LogP contribution in [0.4, 0.5) is 0 Å². The first-order valence-corrected chi connectivity index (χ1v) is 6.12. The third kappa shape index (κ3) is 1.61. The summed E-state index contributed by atoms with van der Waals surface area (Å²) in [4.78, 5) is 0. The van der Waals surface area contributed by atoms with E-state index in [1.807, 2.05) is 0 Å². The van der Waals surface area contributed by atoms with Crippen LogP contribution in [-0.2, 0) is 0 Å². The van der Waals surface area contributed by atoms with Gasteiger partial charge < -0.3 is 15.3 Å². The van der Waals surface area contributed by atoms with Gasteiger partial charge in [0.05, 0.1) is 11.7 Å². The number of hydrogen-bond donors (Lipinski definition) is 3. The summed E-state index contributed by atoms with van der Waals surface area (Å²) in [5, 5.41) is 29.6. The maximum atomic E-state index is 10.7. The molecule has 3 nitrogen and oxygen atoms in total. The summed E-state index contributed by atoms with van der Waals surface area (Å²) in [6.45, 7) is 2.13. The minimum atomic E-state index is -0.916. The first-order chi connectivity index (χ1) is 7.10. The molecule has 2 saturated carbocycles. The Hall–Kier alpha value is -0.120. The van der Waals surface area contributed by atoms with Crippen molar-refractivity contribution in [2.45, 2.75) is 50.7 Å². The quantitative estimate of drug-likeness (QED) is 0.654. The molecule has 3 heteroatoms. The summed E-state index contributed by atoms with van der Waals surface area (Å²) in [7, 11) is 0. The molecule has 88 valence electrons. The average molecular weight is 214 g/mol. The molecule has 0 aromatic rings. The number of aliphatic hydroxyl groups is 3. The van der Waals surface area contributed by atoms with E-state index >= 15 is 0 Å². The van der Waals surface area contributed by atoms with Gasteiger partial charge in [-0.25, -0.2) is 0 Å². The zero-order valence-electron chi connectivity index (χ0n) is 9.39. The molecule has 0 saturated heterocycles. The van der Waals surface area contributed by atoms with Gasteiger partial charge in [-0.15, -0.1) is 0 Å². The third-order valence-corrected chi connectivity index (χ3v) is 4.60. The molecule has 2 aliphatic rings. The normalized spacial score (nSPS) is 46.8. The second-order valence-electron chi connectivity index (χ2n) is 5.36. The number of rotatable bonds is 3. The predicted molar refractivity (Wildman–Crippen MR) is 57.3 cm³/mol. The van der Waals surface area contributed by atoms with E-state index < -0.39 is 11.7 Å². The van der Waals surface area contributed by atoms with Crippen molar-refractivity contribution in [2.75, 3.05) is 6.61 Å². The Labute approximate surface area is 91.1 Å². The summed E-state index contributed by atoms with van der Waals surface area (Å²) < 4.78 is 0. The van der Waals surface area contributed by atoms with Crippen molar-refractivity contribution in [2.24, 2.45) is 17.8 Å². The van der Waals surface area contributed by atoms with Gasteiger partial charge in [0.15, 0.2) is 0 Å². The van der Waals surface area contributed by atoms with Crippen LogP contribution in [0.1, 0.15) is 39.0 Å². The molecule has 2 rings (SSSR count). The monoisotopic (exact) mass is 214 g/mol. The molecule has 0 heterocycles. The molecule has 15 heavy (non-hydrogen) atoms. The molecule has 2 aliphatic carbocycles. The summed E-state index contributed by atoms with van der Waals surface area (Å²) in [5.41, 5.74) is -0.916. The van der Waals surface area contributed by atoms with E-state index in [9.17, 15) is 10.2 Å². The van der Waals surface area contributed by atoms with Crippen LogP contribution in [0.15, 0.2) is 0 Å². The van der Waals surface area contributed by atoms with E-state index in [1.54, 1.807) is 0 Å². The van der Waals surface area contributed by atoms with Gasteiger partial charge in [0.2, 0.25) is 0 Å². The van der Waals surface area contributed by atoms with Gasteiger partial charge in [0, 0.05) is 6.61 Å².